The molecule has 1 heterocycles. The zero-order valence-corrected chi connectivity index (χ0v) is 14.7. The number of anilines is 2. The van der Waals surface area contributed by atoms with Crippen molar-refractivity contribution in [2.75, 3.05) is 16.8 Å². The maximum atomic E-state index is 12.9. The van der Waals surface area contributed by atoms with Crippen LogP contribution in [0.5, 0.6) is 0 Å². The molecule has 0 aromatic heterocycles. The average Bonchev–Trinajstić information content (AvgIpc) is 2.66. The van der Waals surface area contributed by atoms with E-state index in [1.807, 2.05) is 24.0 Å². The van der Waals surface area contributed by atoms with E-state index in [0.29, 0.717) is 18.7 Å². The van der Waals surface area contributed by atoms with Crippen molar-refractivity contribution in [1.82, 2.24) is 5.32 Å². The van der Waals surface area contributed by atoms with Crippen LogP contribution in [0.2, 0.25) is 0 Å². The first-order valence-corrected chi connectivity index (χ1v) is 8.79. The lowest BCUT2D eigenvalue weighted by Gasteiger charge is -2.29. The molecule has 0 fully saturated rings. The van der Waals surface area contributed by atoms with Crippen molar-refractivity contribution in [1.29, 1.82) is 0 Å². The van der Waals surface area contributed by atoms with Crippen molar-refractivity contribution < 1.29 is 14.0 Å². The summed E-state index contributed by atoms with van der Waals surface area (Å²) in [5.74, 6) is -0.188. The summed E-state index contributed by atoms with van der Waals surface area (Å²) >= 11 is 0. The van der Waals surface area contributed by atoms with Gasteiger partial charge in [0, 0.05) is 30.9 Å². The highest BCUT2D eigenvalue weighted by molar-refractivity contribution is 5.95. The average molecular weight is 355 g/mol. The molecule has 0 saturated heterocycles. The second-order valence-electron chi connectivity index (χ2n) is 6.28. The van der Waals surface area contributed by atoms with Gasteiger partial charge < -0.3 is 15.5 Å². The van der Waals surface area contributed by atoms with Crippen LogP contribution in [0.15, 0.2) is 42.5 Å². The molecule has 2 aromatic carbocycles. The number of hydrogen-bond donors (Lipinski definition) is 2. The van der Waals surface area contributed by atoms with E-state index >= 15 is 0 Å². The van der Waals surface area contributed by atoms with E-state index in [1.165, 1.54) is 12.1 Å². The first-order chi connectivity index (χ1) is 12.6. The van der Waals surface area contributed by atoms with Crippen molar-refractivity contribution in [3.8, 4) is 0 Å². The zero-order valence-electron chi connectivity index (χ0n) is 14.7. The van der Waals surface area contributed by atoms with Crippen molar-refractivity contribution in [2.45, 2.75) is 32.7 Å². The number of carbonyl (C=O) groups excluding carboxylic acids is 2. The van der Waals surface area contributed by atoms with E-state index in [1.54, 1.807) is 18.2 Å². The number of amides is 3. The molecule has 3 rings (SSSR count). The summed E-state index contributed by atoms with van der Waals surface area (Å²) in [7, 11) is 0. The van der Waals surface area contributed by atoms with Gasteiger partial charge in [-0.25, -0.2) is 9.18 Å². The van der Waals surface area contributed by atoms with Crippen molar-refractivity contribution >= 4 is 23.3 Å². The van der Waals surface area contributed by atoms with Crippen LogP contribution in [-0.2, 0) is 17.8 Å². The predicted octanol–water partition coefficient (Wildman–Crippen LogP) is 3.84. The number of halogens is 1. The number of fused-ring (bicyclic) bond motifs is 1. The first-order valence-electron chi connectivity index (χ1n) is 8.79. The van der Waals surface area contributed by atoms with Crippen molar-refractivity contribution in [3.05, 3.63) is 59.4 Å². The fourth-order valence-electron chi connectivity index (χ4n) is 3.08. The smallest absolute Gasteiger partial charge is 0.319 e. The predicted molar refractivity (Wildman–Crippen MR) is 99.7 cm³/mol. The first kappa shape index (κ1) is 17.9. The minimum absolute atomic E-state index is 0.115. The lowest BCUT2D eigenvalue weighted by atomic mass is 10.0. The van der Waals surface area contributed by atoms with Gasteiger partial charge in [0.05, 0.1) is 0 Å². The number of carbonyl (C=O) groups is 2. The van der Waals surface area contributed by atoms with Gasteiger partial charge in [0.25, 0.3) is 0 Å². The molecular weight excluding hydrogens is 333 g/mol. The molecule has 2 aromatic rings. The van der Waals surface area contributed by atoms with Crippen molar-refractivity contribution in [2.24, 2.45) is 0 Å². The molecule has 0 spiro atoms. The zero-order chi connectivity index (χ0) is 18.5. The summed E-state index contributed by atoms with van der Waals surface area (Å²) in [6, 6.07) is 11.3. The van der Waals surface area contributed by atoms with Gasteiger partial charge >= 0.3 is 6.03 Å². The third-order valence-corrected chi connectivity index (χ3v) is 4.43. The molecule has 3 amide bonds. The van der Waals surface area contributed by atoms with Gasteiger partial charge in [-0.1, -0.05) is 19.1 Å². The molecule has 2 N–H and O–H groups in total. The topological polar surface area (TPSA) is 61.4 Å². The van der Waals surface area contributed by atoms with Crippen LogP contribution in [0.25, 0.3) is 0 Å². The van der Waals surface area contributed by atoms with Crippen LogP contribution in [-0.4, -0.2) is 18.5 Å². The highest BCUT2D eigenvalue weighted by Crippen LogP contribution is 2.30. The number of nitrogens with one attached hydrogen (secondary N) is 2. The molecule has 136 valence electrons. The molecule has 0 atom stereocenters. The van der Waals surface area contributed by atoms with Crippen LogP contribution < -0.4 is 15.5 Å². The fraction of sp³-hybridized carbons (Fsp3) is 0.300. The Morgan fingerprint density at radius 2 is 1.92 bits per heavy atom. The largest absolute Gasteiger partial charge is 0.334 e. The Morgan fingerprint density at radius 1 is 1.15 bits per heavy atom. The Morgan fingerprint density at radius 3 is 2.65 bits per heavy atom. The maximum absolute atomic E-state index is 12.9. The summed E-state index contributed by atoms with van der Waals surface area (Å²) in [4.78, 5) is 26.0. The van der Waals surface area contributed by atoms with E-state index in [4.69, 9.17) is 0 Å². The molecule has 26 heavy (non-hydrogen) atoms. The SMILES string of the molecule is CCC(=O)N1CCCc2cc(NC(=O)NCc3ccc(F)cc3)ccc21. The molecule has 0 aliphatic carbocycles. The number of hydrogen-bond acceptors (Lipinski definition) is 2. The number of aryl methyl sites for hydroxylation is 1. The Balaban J connectivity index is 1.62. The van der Waals surface area contributed by atoms with E-state index in [2.05, 4.69) is 10.6 Å². The summed E-state index contributed by atoms with van der Waals surface area (Å²) in [6.07, 6.45) is 2.28. The number of nitrogens with zero attached hydrogens (tertiary/aromatic N) is 1. The summed E-state index contributed by atoms with van der Waals surface area (Å²) in [5, 5.41) is 5.55. The van der Waals surface area contributed by atoms with Gasteiger partial charge in [0.15, 0.2) is 0 Å². The van der Waals surface area contributed by atoms with Crippen molar-refractivity contribution in [3.63, 3.8) is 0 Å². The molecule has 5 nitrogen and oxygen atoms in total. The van der Waals surface area contributed by atoms with Crippen LogP contribution in [0.3, 0.4) is 0 Å². The Labute approximate surface area is 152 Å². The molecule has 6 heteroatoms. The maximum Gasteiger partial charge on any atom is 0.319 e. The second-order valence-corrected chi connectivity index (χ2v) is 6.28. The number of rotatable bonds is 4. The highest BCUT2D eigenvalue weighted by atomic mass is 19.1. The van der Waals surface area contributed by atoms with E-state index < -0.39 is 0 Å². The number of benzene rings is 2. The van der Waals surface area contributed by atoms with Gasteiger partial charge in [-0.3, -0.25) is 4.79 Å². The molecule has 1 aliphatic heterocycles. The Hall–Kier alpha value is -2.89. The fourth-order valence-corrected chi connectivity index (χ4v) is 3.08. The van der Waals surface area contributed by atoms with E-state index in [9.17, 15) is 14.0 Å². The number of urea groups is 1. The molecule has 0 unspecified atom stereocenters. The minimum Gasteiger partial charge on any atom is -0.334 e. The highest BCUT2D eigenvalue weighted by Gasteiger charge is 2.21. The third kappa shape index (κ3) is 4.20. The van der Waals surface area contributed by atoms with Gasteiger partial charge in [0.1, 0.15) is 5.82 Å². The molecule has 0 radical (unpaired) electrons. The molecular formula is C20H22FN3O2. The molecule has 1 aliphatic rings. The van der Waals surface area contributed by atoms with Gasteiger partial charge in [-0.15, -0.1) is 0 Å². The van der Waals surface area contributed by atoms with Gasteiger partial charge in [0.2, 0.25) is 5.91 Å². The minimum atomic E-state index is -0.327. The summed E-state index contributed by atoms with van der Waals surface area (Å²) < 4.78 is 12.9. The standard InChI is InChI=1S/C20H22FN3O2/c1-2-19(25)24-11-3-4-15-12-17(9-10-18(15)24)23-20(26)22-13-14-5-7-16(21)8-6-14/h5-10,12H,2-4,11,13H2,1H3,(H2,22,23,26). The van der Waals surface area contributed by atoms with Crippen LogP contribution >= 0.6 is 0 Å². The van der Waals surface area contributed by atoms with E-state index in [-0.39, 0.29) is 17.8 Å². The van der Waals surface area contributed by atoms with Gasteiger partial charge in [-0.2, -0.15) is 0 Å². The van der Waals surface area contributed by atoms with Crippen LogP contribution in [0.4, 0.5) is 20.6 Å². The summed E-state index contributed by atoms with van der Waals surface area (Å²) in [5.41, 5.74) is 3.50. The Bertz CT molecular complexity index is 805. The van der Waals surface area contributed by atoms with Gasteiger partial charge in [-0.05, 0) is 54.3 Å². The summed E-state index contributed by atoms with van der Waals surface area (Å²) in [6.45, 7) is 2.92. The quantitative estimate of drug-likeness (QED) is 0.875. The van der Waals surface area contributed by atoms with Crippen LogP contribution in [0.1, 0.15) is 30.9 Å². The monoisotopic (exact) mass is 355 g/mol. The lowest BCUT2D eigenvalue weighted by Crippen LogP contribution is -2.35. The molecule has 0 saturated carbocycles. The lowest BCUT2D eigenvalue weighted by molar-refractivity contribution is -0.118. The van der Waals surface area contributed by atoms with Crippen LogP contribution in [0, 0.1) is 5.82 Å². The van der Waals surface area contributed by atoms with E-state index in [0.717, 1.165) is 36.2 Å². The third-order valence-electron chi connectivity index (χ3n) is 4.43. The Kier molecular flexibility index (Phi) is 5.51. The molecule has 0 bridgehead atoms. The second kappa shape index (κ2) is 7.99. The normalized spacial score (nSPS) is 13.1.